The quantitative estimate of drug-likeness (QED) is 0.235. The third-order valence-electron chi connectivity index (χ3n) is 5.35. The molecule has 1 amide bonds. The smallest absolute Gasteiger partial charge is 0.396 e. The Hall–Kier alpha value is -2.61. The number of amides is 1. The van der Waals surface area contributed by atoms with Gasteiger partial charge in [-0.25, -0.2) is 4.57 Å². The lowest BCUT2D eigenvalue weighted by Gasteiger charge is -2.15. The van der Waals surface area contributed by atoms with Crippen LogP contribution in [0.4, 0.5) is 0 Å². The predicted molar refractivity (Wildman–Crippen MR) is 136 cm³/mol. The second kappa shape index (κ2) is 12.9. The van der Waals surface area contributed by atoms with E-state index in [0.29, 0.717) is 25.8 Å². The summed E-state index contributed by atoms with van der Waals surface area (Å²) >= 11 is 0. The van der Waals surface area contributed by atoms with Gasteiger partial charge in [-0.2, -0.15) is 0 Å². The number of hydrogen-bond donors (Lipinski definition) is 3. The number of benzene rings is 2. The van der Waals surface area contributed by atoms with Crippen LogP contribution in [0, 0.1) is 0 Å². The van der Waals surface area contributed by atoms with Gasteiger partial charge in [-0.1, -0.05) is 48.5 Å². The zero-order chi connectivity index (χ0) is 25.3. The molecule has 0 bridgehead atoms. The molecule has 3 N–H and O–H groups in total. The zero-order valence-corrected chi connectivity index (χ0v) is 21.0. The summed E-state index contributed by atoms with van der Waals surface area (Å²) < 4.78 is 21.5. The van der Waals surface area contributed by atoms with Gasteiger partial charge in [0.1, 0.15) is 0 Å². The van der Waals surface area contributed by atoms with Crippen LogP contribution >= 0.6 is 7.82 Å². The van der Waals surface area contributed by atoms with E-state index in [1.54, 1.807) is 20.0 Å². The number of phosphoric ester groups is 1. The van der Waals surface area contributed by atoms with Crippen LogP contribution in [-0.2, 0) is 31.2 Å². The molecule has 9 heteroatoms. The molecule has 8 nitrogen and oxygen atoms in total. The molecule has 2 aromatic carbocycles. The number of hydrogen-bond acceptors (Lipinski definition) is 6. The van der Waals surface area contributed by atoms with Crippen LogP contribution in [0.15, 0.2) is 54.7 Å². The Bertz CT molecular complexity index is 1170. The first-order valence-corrected chi connectivity index (χ1v) is 13.3. The average molecular weight is 501 g/mol. The number of nitrogens with one attached hydrogen (secondary N) is 1. The highest BCUT2D eigenvalue weighted by molar-refractivity contribution is 7.47. The Balaban J connectivity index is 1.65. The maximum Gasteiger partial charge on any atom is 0.472 e. The Morgan fingerprint density at radius 3 is 2.57 bits per heavy atom. The van der Waals surface area contributed by atoms with Gasteiger partial charge in [0.2, 0.25) is 5.91 Å². The van der Waals surface area contributed by atoms with Crippen molar-refractivity contribution in [3.8, 4) is 11.1 Å². The number of nitrogens with zero attached hydrogens (tertiary/aromatic N) is 1. The van der Waals surface area contributed by atoms with Crippen molar-refractivity contribution in [2.45, 2.75) is 45.6 Å². The van der Waals surface area contributed by atoms with Crippen LogP contribution in [0.5, 0.6) is 0 Å². The van der Waals surface area contributed by atoms with Crippen molar-refractivity contribution < 1.29 is 28.4 Å². The lowest BCUT2D eigenvalue weighted by Crippen LogP contribution is -2.26. The van der Waals surface area contributed by atoms with Gasteiger partial charge in [0.15, 0.2) is 0 Å². The van der Waals surface area contributed by atoms with Gasteiger partial charge in [-0.05, 0) is 55.4 Å². The summed E-state index contributed by atoms with van der Waals surface area (Å²) in [6.45, 7) is 3.84. The van der Waals surface area contributed by atoms with E-state index in [4.69, 9.17) is 9.05 Å². The summed E-state index contributed by atoms with van der Waals surface area (Å²) in [5.74, 6) is -0.133. The number of carbonyl (C=O) groups excluding carboxylic acids is 1. The van der Waals surface area contributed by atoms with E-state index in [2.05, 4.69) is 10.3 Å². The highest BCUT2D eigenvalue weighted by atomic mass is 31.2. The molecule has 1 atom stereocenters. The standard InChI is InChI=1S/C26H33N2O6P/c1-19(2)34-35(31,32)33-16-7-6-14-27-24(30)17-22-18-28-26-21(13-15-29)11-8-12-23(26)25(22)20-9-4-3-5-10-20/h3-5,8-12,18-19,29H,6-7,13-17H2,1-2H3,(H,27,30)(H,31,32). The topological polar surface area (TPSA) is 118 Å². The fourth-order valence-corrected chi connectivity index (χ4v) is 4.85. The first-order valence-electron chi connectivity index (χ1n) is 11.8. The molecule has 188 valence electrons. The zero-order valence-electron chi connectivity index (χ0n) is 20.1. The van der Waals surface area contributed by atoms with E-state index in [9.17, 15) is 19.4 Å². The Morgan fingerprint density at radius 1 is 1.09 bits per heavy atom. The van der Waals surface area contributed by atoms with Crippen molar-refractivity contribution in [1.82, 2.24) is 10.3 Å². The Labute approximate surface area is 205 Å². The fraction of sp³-hybridized carbons (Fsp3) is 0.385. The lowest BCUT2D eigenvalue weighted by atomic mass is 9.93. The van der Waals surface area contributed by atoms with E-state index in [1.165, 1.54) is 0 Å². The molecule has 0 aliphatic heterocycles. The fourth-order valence-electron chi connectivity index (χ4n) is 3.89. The number of pyridine rings is 1. The number of aliphatic hydroxyl groups excluding tert-OH is 1. The molecule has 35 heavy (non-hydrogen) atoms. The van der Waals surface area contributed by atoms with E-state index in [1.807, 2.05) is 48.5 Å². The summed E-state index contributed by atoms with van der Waals surface area (Å²) in [7, 11) is -4.03. The molecule has 0 saturated heterocycles. The number of unbranched alkanes of at least 4 members (excludes halogenated alkanes) is 1. The summed E-state index contributed by atoms with van der Waals surface area (Å²) in [6, 6.07) is 15.8. The maximum absolute atomic E-state index is 12.7. The molecular formula is C26H33N2O6P. The number of aromatic nitrogens is 1. The number of para-hydroxylation sites is 1. The normalized spacial score (nSPS) is 13.2. The van der Waals surface area contributed by atoms with E-state index in [-0.39, 0.29) is 25.5 Å². The number of fused-ring (bicyclic) bond motifs is 1. The summed E-state index contributed by atoms with van der Waals surface area (Å²) in [4.78, 5) is 26.9. The second-order valence-electron chi connectivity index (χ2n) is 8.50. The number of carbonyl (C=O) groups is 1. The molecule has 3 aromatic rings. The molecule has 1 heterocycles. The van der Waals surface area contributed by atoms with Crippen molar-refractivity contribution in [1.29, 1.82) is 0 Å². The van der Waals surface area contributed by atoms with Crippen molar-refractivity contribution in [3.05, 3.63) is 65.9 Å². The van der Waals surface area contributed by atoms with Crippen molar-refractivity contribution in [3.63, 3.8) is 0 Å². The highest BCUT2D eigenvalue weighted by Crippen LogP contribution is 2.44. The minimum Gasteiger partial charge on any atom is -0.396 e. The summed E-state index contributed by atoms with van der Waals surface area (Å²) in [5, 5.41) is 13.3. The third kappa shape index (κ3) is 7.95. The molecule has 0 fully saturated rings. The lowest BCUT2D eigenvalue weighted by molar-refractivity contribution is -0.120. The van der Waals surface area contributed by atoms with Crippen LogP contribution in [0.1, 0.15) is 37.8 Å². The Kier molecular flexibility index (Phi) is 9.95. The van der Waals surface area contributed by atoms with E-state index in [0.717, 1.165) is 33.2 Å². The van der Waals surface area contributed by atoms with Crippen LogP contribution < -0.4 is 5.32 Å². The van der Waals surface area contributed by atoms with Crippen molar-refractivity contribution in [2.24, 2.45) is 0 Å². The molecule has 0 spiro atoms. The van der Waals surface area contributed by atoms with Crippen molar-refractivity contribution >= 4 is 24.6 Å². The minimum atomic E-state index is -4.03. The Morgan fingerprint density at radius 2 is 1.86 bits per heavy atom. The first kappa shape index (κ1) is 27.0. The molecule has 0 aliphatic rings. The molecule has 1 aromatic heterocycles. The largest absolute Gasteiger partial charge is 0.472 e. The van der Waals surface area contributed by atoms with Crippen LogP contribution in [0.25, 0.3) is 22.0 Å². The molecular weight excluding hydrogens is 467 g/mol. The van der Waals surface area contributed by atoms with Gasteiger partial charge in [0.25, 0.3) is 0 Å². The van der Waals surface area contributed by atoms with Crippen LogP contribution in [-0.4, -0.2) is 46.8 Å². The SMILES string of the molecule is CC(C)OP(=O)(O)OCCCCNC(=O)Cc1cnc2c(CCO)cccc2c1-c1ccccc1. The van der Waals surface area contributed by atoms with Gasteiger partial charge in [-0.3, -0.25) is 18.8 Å². The van der Waals surface area contributed by atoms with Gasteiger partial charge < -0.3 is 15.3 Å². The molecule has 0 radical (unpaired) electrons. The van der Waals surface area contributed by atoms with Gasteiger partial charge in [0, 0.05) is 24.7 Å². The van der Waals surface area contributed by atoms with Gasteiger partial charge >= 0.3 is 7.82 Å². The van der Waals surface area contributed by atoms with Gasteiger partial charge in [-0.15, -0.1) is 0 Å². The maximum atomic E-state index is 12.7. The predicted octanol–water partition coefficient (Wildman–Crippen LogP) is 4.42. The van der Waals surface area contributed by atoms with Crippen LogP contribution in [0.3, 0.4) is 0 Å². The molecule has 0 saturated carbocycles. The minimum absolute atomic E-state index is 0.0390. The van der Waals surface area contributed by atoms with Crippen LogP contribution in [0.2, 0.25) is 0 Å². The highest BCUT2D eigenvalue weighted by Gasteiger charge is 2.22. The van der Waals surface area contributed by atoms with E-state index < -0.39 is 13.9 Å². The van der Waals surface area contributed by atoms with Gasteiger partial charge in [0.05, 0.1) is 24.6 Å². The number of aliphatic hydroxyl groups is 1. The summed E-state index contributed by atoms with van der Waals surface area (Å²) in [6.07, 6.45) is 3.12. The number of phosphoric acid groups is 1. The van der Waals surface area contributed by atoms with E-state index >= 15 is 0 Å². The molecule has 3 rings (SSSR count). The molecule has 1 unspecified atom stereocenters. The average Bonchev–Trinajstić information content (AvgIpc) is 2.81. The van der Waals surface area contributed by atoms with Crippen molar-refractivity contribution in [2.75, 3.05) is 19.8 Å². The summed E-state index contributed by atoms with van der Waals surface area (Å²) in [5.41, 5.74) is 4.57. The third-order valence-corrected chi connectivity index (χ3v) is 6.54. The number of rotatable bonds is 13. The second-order valence-corrected chi connectivity index (χ2v) is 9.91. The first-order chi connectivity index (χ1) is 16.8. The molecule has 0 aliphatic carbocycles. The monoisotopic (exact) mass is 500 g/mol.